The van der Waals surface area contributed by atoms with Gasteiger partial charge < -0.3 is 10.2 Å². The predicted octanol–water partition coefficient (Wildman–Crippen LogP) is 6.63. The van der Waals surface area contributed by atoms with Gasteiger partial charge in [-0.15, -0.1) is 11.8 Å². The van der Waals surface area contributed by atoms with Gasteiger partial charge in [0.1, 0.15) is 6.04 Å². The molecule has 0 unspecified atom stereocenters. The lowest BCUT2D eigenvalue weighted by Crippen LogP contribution is -2.52. The molecule has 0 saturated heterocycles. The number of thioether (sulfide) groups is 1. The zero-order chi connectivity index (χ0) is 25.2. The molecule has 0 heterocycles. The van der Waals surface area contributed by atoms with Crippen LogP contribution in [-0.4, -0.2) is 34.6 Å². The van der Waals surface area contributed by atoms with Crippen LogP contribution in [0.5, 0.6) is 0 Å². The maximum absolute atomic E-state index is 13.7. The van der Waals surface area contributed by atoms with E-state index in [-0.39, 0.29) is 17.9 Å². The first-order valence-electron chi connectivity index (χ1n) is 12.6. The third-order valence-corrected chi connectivity index (χ3v) is 8.11. The number of amides is 2. The molecule has 0 radical (unpaired) electrons. The van der Waals surface area contributed by atoms with Gasteiger partial charge in [-0.25, -0.2) is 0 Å². The molecular formula is C30H33BrN2O2S. The van der Waals surface area contributed by atoms with Gasteiger partial charge in [-0.05, 0) is 48.2 Å². The molecule has 1 fully saturated rings. The van der Waals surface area contributed by atoms with Crippen molar-refractivity contribution in [3.05, 3.63) is 101 Å². The molecule has 3 aromatic rings. The van der Waals surface area contributed by atoms with Crippen molar-refractivity contribution < 1.29 is 9.59 Å². The molecule has 1 aliphatic carbocycles. The van der Waals surface area contributed by atoms with Gasteiger partial charge in [0, 0.05) is 40.5 Å². The van der Waals surface area contributed by atoms with Gasteiger partial charge >= 0.3 is 0 Å². The topological polar surface area (TPSA) is 49.4 Å². The van der Waals surface area contributed by atoms with Crippen molar-refractivity contribution in [2.75, 3.05) is 5.75 Å². The average Bonchev–Trinajstić information content (AvgIpc) is 3.41. The first-order valence-corrected chi connectivity index (χ1v) is 14.4. The second-order valence-corrected chi connectivity index (χ2v) is 11.3. The second-order valence-electron chi connectivity index (χ2n) is 9.26. The molecule has 4 rings (SSSR count). The molecule has 1 aliphatic rings. The van der Waals surface area contributed by atoms with Gasteiger partial charge in [0.05, 0.1) is 0 Å². The third kappa shape index (κ3) is 7.97. The number of hydrogen-bond acceptors (Lipinski definition) is 3. The Hall–Kier alpha value is -2.57. The van der Waals surface area contributed by atoms with Gasteiger partial charge in [-0.3, -0.25) is 9.59 Å². The van der Waals surface area contributed by atoms with Crippen molar-refractivity contribution in [2.45, 2.75) is 62.0 Å². The van der Waals surface area contributed by atoms with Gasteiger partial charge in [0.15, 0.2) is 0 Å². The fraction of sp³-hybridized carbons (Fsp3) is 0.333. The highest BCUT2D eigenvalue weighted by atomic mass is 79.9. The summed E-state index contributed by atoms with van der Waals surface area (Å²) in [7, 11) is 0. The van der Waals surface area contributed by atoms with Gasteiger partial charge in [-0.1, -0.05) is 89.4 Å². The number of rotatable bonds is 11. The molecule has 188 valence electrons. The fourth-order valence-corrected chi connectivity index (χ4v) is 5.75. The summed E-state index contributed by atoms with van der Waals surface area (Å²) in [6.07, 6.45) is 5.18. The zero-order valence-electron chi connectivity index (χ0n) is 20.4. The van der Waals surface area contributed by atoms with Crippen LogP contribution in [0.3, 0.4) is 0 Å². The molecule has 1 atom stereocenters. The minimum absolute atomic E-state index is 0.00357. The van der Waals surface area contributed by atoms with E-state index in [1.165, 1.54) is 0 Å². The summed E-state index contributed by atoms with van der Waals surface area (Å²) in [6.45, 7) is 0.400. The van der Waals surface area contributed by atoms with E-state index in [1.807, 2.05) is 72.8 Å². The number of nitrogens with zero attached hydrogens (tertiary/aromatic N) is 1. The van der Waals surface area contributed by atoms with Crippen molar-refractivity contribution >= 4 is 39.5 Å². The lowest BCUT2D eigenvalue weighted by Gasteiger charge is -2.32. The molecule has 0 bridgehead atoms. The summed E-state index contributed by atoms with van der Waals surface area (Å²) in [6, 6.07) is 27.8. The summed E-state index contributed by atoms with van der Waals surface area (Å²) in [5.74, 6) is 0.623. The normalized spacial score (nSPS) is 14.4. The molecule has 1 saturated carbocycles. The van der Waals surface area contributed by atoms with E-state index in [2.05, 4.69) is 33.4 Å². The number of hydrogen-bond donors (Lipinski definition) is 1. The minimum atomic E-state index is -0.564. The first kappa shape index (κ1) is 26.5. The molecule has 0 aliphatic heterocycles. The van der Waals surface area contributed by atoms with Crippen molar-refractivity contribution in [1.29, 1.82) is 0 Å². The Labute approximate surface area is 227 Å². The van der Waals surface area contributed by atoms with Crippen molar-refractivity contribution in [1.82, 2.24) is 10.2 Å². The molecule has 4 nitrogen and oxygen atoms in total. The van der Waals surface area contributed by atoms with E-state index in [1.54, 1.807) is 16.7 Å². The van der Waals surface area contributed by atoms with E-state index < -0.39 is 6.04 Å². The number of carbonyl (C=O) groups excluding carboxylic acids is 2. The standard InChI is InChI=1S/C30H33BrN2O2S/c31-25-17-15-24(16-18-25)22-33(29(34)19-20-36-27-13-5-2-6-14-27)28(21-23-9-3-1-4-10-23)30(35)32-26-11-7-8-12-26/h1-6,9-10,13-18,26,28H,7-8,11-12,19-22H2,(H,32,35)/t28-/m1/s1. The number of nitrogens with one attached hydrogen (secondary N) is 1. The molecule has 6 heteroatoms. The number of carbonyl (C=O) groups is 2. The van der Waals surface area contributed by atoms with E-state index in [0.29, 0.717) is 25.1 Å². The highest BCUT2D eigenvalue weighted by Gasteiger charge is 2.32. The molecule has 3 aromatic carbocycles. The van der Waals surface area contributed by atoms with Gasteiger partial charge in [0.2, 0.25) is 11.8 Å². The highest BCUT2D eigenvalue weighted by Crippen LogP contribution is 2.23. The van der Waals surface area contributed by atoms with Crippen LogP contribution >= 0.6 is 27.7 Å². The molecule has 0 aromatic heterocycles. The summed E-state index contributed by atoms with van der Waals surface area (Å²) < 4.78 is 0.989. The van der Waals surface area contributed by atoms with Crippen LogP contribution in [0.1, 0.15) is 43.2 Å². The quantitative estimate of drug-likeness (QED) is 0.266. The van der Waals surface area contributed by atoms with Crippen molar-refractivity contribution in [3.63, 3.8) is 0 Å². The van der Waals surface area contributed by atoms with Crippen LogP contribution in [-0.2, 0) is 22.6 Å². The average molecular weight is 566 g/mol. The summed E-state index contributed by atoms with van der Waals surface area (Å²) in [5.41, 5.74) is 2.06. The predicted molar refractivity (Wildman–Crippen MR) is 151 cm³/mol. The molecule has 1 N–H and O–H groups in total. The number of halogens is 1. The lowest BCUT2D eigenvalue weighted by molar-refractivity contribution is -0.141. The third-order valence-electron chi connectivity index (χ3n) is 6.57. The summed E-state index contributed by atoms with van der Waals surface area (Å²) in [4.78, 5) is 30.3. The SMILES string of the molecule is O=C(NC1CCCC1)[C@@H](Cc1ccccc1)N(Cc1ccc(Br)cc1)C(=O)CCSc1ccccc1. The maximum atomic E-state index is 13.7. The number of benzene rings is 3. The smallest absolute Gasteiger partial charge is 0.243 e. The monoisotopic (exact) mass is 564 g/mol. The van der Waals surface area contributed by atoms with Crippen LogP contribution in [0, 0.1) is 0 Å². The summed E-state index contributed by atoms with van der Waals surface area (Å²) >= 11 is 5.17. The summed E-state index contributed by atoms with van der Waals surface area (Å²) in [5, 5.41) is 3.27. The van der Waals surface area contributed by atoms with E-state index in [0.717, 1.165) is 46.2 Å². The molecular weight excluding hydrogens is 532 g/mol. The lowest BCUT2D eigenvalue weighted by atomic mass is 10.0. The first-order chi connectivity index (χ1) is 17.6. The largest absolute Gasteiger partial charge is 0.352 e. The van der Waals surface area contributed by atoms with Crippen molar-refractivity contribution in [3.8, 4) is 0 Å². The fourth-order valence-electron chi connectivity index (χ4n) is 4.62. The Bertz CT molecular complexity index is 1100. The van der Waals surface area contributed by atoms with Crippen molar-refractivity contribution in [2.24, 2.45) is 0 Å². The minimum Gasteiger partial charge on any atom is -0.352 e. The van der Waals surface area contributed by atoms with E-state index >= 15 is 0 Å². The van der Waals surface area contributed by atoms with Gasteiger partial charge in [-0.2, -0.15) is 0 Å². The zero-order valence-corrected chi connectivity index (χ0v) is 22.8. The Kier molecular flexibility index (Phi) is 10.1. The van der Waals surface area contributed by atoms with Crippen LogP contribution in [0.4, 0.5) is 0 Å². The molecule has 36 heavy (non-hydrogen) atoms. The molecule has 0 spiro atoms. The second kappa shape index (κ2) is 13.7. The molecule has 2 amide bonds. The van der Waals surface area contributed by atoms with Crippen LogP contribution < -0.4 is 5.32 Å². The maximum Gasteiger partial charge on any atom is 0.243 e. The van der Waals surface area contributed by atoms with Crippen LogP contribution in [0.25, 0.3) is 0 Å². The highest BCUT2D eigenvalue weighted by molar-refractivity contribution is 9.10. The Morgan fingerprint density at radius 1 is 0.889 bits per heavy atom. The Morgan fingerprint density at radius 2 is 1.53 bits per heavy atom. The van der Waals surface area contributed by atoms with Crippen LogP contribution in [0.2, 0.25) is 0 Å². The Balaban J connectivity index is 1.56. The van der Waals surface area contributed by atoms with E-state index in [4.69, 9.17) is 0 Å². The van der Waals surface area contributed by atoms with Gasteiger partial charge in [0.25, 0.3) is 0 Å². The van der Waals surface area contributed by atoms with Crippen LogP contribution in [0.15, 0.2) is 94.3 Å². The van der Waals surface area contributed by atoms with E-state index in [9.17, 15) is 9.59 Å². The Morgan fingerprint density at radius 3 is 2.19 bits per heavy atom.